The van der Waals surface area contributed by atoms with E-state index in [1.807, 2.05) is 37.3 Å². The van der Waals surface area contributed by atoms with Crippen molar-refractivity contribution in [3.05, 3.63) is 35.9 Å². The minimum atomic E-state index is -0.899. The molecule has 0 aliphatic rings. The summed E-state index contributed by atoms with van der Waals surface area (Å²) in [5, 5.41) is 22.5. The van der Waals surface area contributed by atoms with Gasteiger partial charge in [0.25, 0.3) is 0 Å². The molecule has 0 bridgehead atoms. The second-order valence-electron chi connectivity index (χ2n) is 4.31. The topological polar surface area (TPSA) is 52.5 Å². The van der Waals surface area contributed by atoms with Gasteiger partial charge in [0.05, 0.1) is 12.2 Å². The lowest BCUT2D eigenvalue weighted by atomic mass is 9.96. The highest BCUT2D eigenvalue weighted by Gasteiger charge is 2.23. The van der Waals surface area contributed by atoms with Gasteiger partial charge in [-0.05, 0) is 18.9 Å². The van der Waals surface area contributed by atoms with Crippen LogP contribution in [0.3, 0.4) is 0 Å². The van der Waals surface area contributed by atoms with E-state index < -0.39 is 5.60 Å². The maximum atomic E-state index is 10.3. The predicted octanol–water partition coefficient (Wildman–Crippen LogP) is 1.25. The number of hydrogen-bond donors (Lipinski definition) is 3. The third kappa shape index (κ3) is 3.59. The molecule has 1 aromatic carbocycles. The highest BCUT2D eigenvalue weighted by Crippen LogP contribution is 2.19. The zero-order valence-electron chi connectivity index (χ0n) is 9.98. The molecule has 3 heteroatoms. The van der Waals surface area contributed by atoms with Crippen LogP contribution in [0, 0.1) is 0 Å². The van der Waals surface area contributed by atoms with Gasteiger partial charge in [-0.2, -0.15) is 0 Å². The molecule has 1 rings (SSSR count). The molecule has 0 radical (unpaired) electrons. The lowest BCUT2D eigenvalue weighted by molar-refractivity contribution is 0.0507. The smallest absolute Gasteiger partial charge is 0.0992 e. The molecule has 2 atom stereocenters. The summed E-state index contributed by atoms with van der Waals surface area (Å²) in [4.78, 5) is 0. The van der Waals surface area contributed by atoms with Gasteiger partial charge in [0.15, 0.2) is 0 Å². The number of nitrogens with one attached hydrogen (secondary N) is 1. The highest BCUT2D eigenvalue weighted by molar-refractivity contribution is 5.21. The summed E-state index contributed by atoms with van der Waals surface area (Å²) in [6, 6.07) is 9.61. The fourth-order valence-electron chi connectivity index (χ4n) is 1.58. The summed E-state index contributed by atoms with van der Waals surface area (Å²) in [6.07, 6.45) is 0.849. The normalized spacial score (nSPS) is 16.8. The molecule has 0 amide bonds. The van der Waals surface area contributed by atoms with Crippen LogP contribution in [-0.4, -0.2) is 29.4 Å². The molecule has 90 valence electrons. The molecule has 0 aromatic heterocycles. The standard InChI is InChI=1S/C13H21NO2/c1-3-12(9-15)14-10-13(2,16)11-7-5-4-6-8-11/h4-8,12,14-16H,3,9-10H2,1-2H3. The van der Waals surface area contributed by atoms with Crippen molar-refractivity contribution in [2.45, 2.75) is 31.9 Å². The monoisotopic (exact) mass is 223 g/mol. The first-order valence-electron chi connectivity index (χ1n) is 5.72. The van der Waals surface area contributed by atoms with Crippen LogP contribution >= 0.6 is 0 Å². The van der Waals surface area contributed by atoms with E-state index in [9.17, 15) is 5.11 Å². The molecule has 3 nitrogen and oxygen atoms in total. The van der Waals surface area contributed by atoms with E-state index in [2.05, 4.69) is 5.32 Å². The third-order valence-corrected chi connectivity index (χ3v) is 2.84. The molecule has 0 fully saturated rings. The zero-order valence-corrected chi connectivity index (χ0v) is 9.98. The molecular weight excluding hydrogens is 202 g/mol. The van der Waals surface area contributed by atoms with Crippen LogP contribution in [0.1, 0.15) is 25.8 Å². The van der Waals surface area contributed by atoms with Crippen molar-refractivity contribution in [2.75, 3.05) is 13.2 Å². The highest BCUT2D eigenvalue weighted by atomic mass is 16.3. The molecule has 1 aromatic rings. The van der Waals surface area contributed by atoms with Crippen molar-refractivity contribution in [3.63, 3.8) is 0 Å². The predicted molar refractivity (Wildman–Crippen MR) is 65.2 cm³/mol. The lowest BCUT2D eigenvalue weighted by Gasteiger charge is -2.26. The summed E-state index contributed by atoms with van der Waals surface area (Å²) in [6.45, 7) is 4.32. The maximum absolute atomic E-state index is 10.3. The SMILES string of the molecule is CCC(CO)NCC(C)(O)c1ccccc1. The van der Waals surface area contributed by atoms with Gasteiger partial charge < -0.3 is 15.5 Å². The van der Waals surface area contributed by atoms with E-state index in [1.165, 1.54) is 0 Å². The van der Waals surface area contributed by atoms with E-state index in [0.717, 1.165) is 12.0 Å². The van der Waals surface area contributed by atoms with Crippen molar-refractivity contribution >= 4 is 0 Å². The Morgan fingerprint density at radius 3 is 2.44 bits per heavy atom. The van der Waals surface area contributed by atoms with Crippen LogP contribution in [0.2, 0.25) is 0 Å². The summed E-state index contributed by atoms with van der Waals surface area (Å²) in [5.74, 6) is 0. The Kier molecular flexibility index (Phi) is 4.93. The van der Waals surface area contributed by atoms with Crippen molar-refractivity contribution < 1.29 is 10.2 Å². The van der Waals surface area contributed by atoms with Crippen molar-refractivity contribution in [2.24, 2.45) is 0 Å². The Morgan fingerprint density at radius 2 is 1.94 bits per heavy atom. The lowest BCUT2D eigenvalue weighted by Crippen LogP contribution is -2.42. The second kappa shape index (κ2) is 5.99. The van der Waals surface area contributed by atoms with Crippen LogP contribution in [0.4, 0.5) is 0 Å². The van der Waals surface area contributed by atoms with Gasteiger partial charge in [-0.15, -0.1) is 0 Å². The molecule has 2 unspecified atom stereocenters. The van der Waals surface area contributed by atoms with E-state index in [0.29, 0.717) is 6.54 Å². The summed E-state index contributed by atoms with van der Waals surface area (Å²) in [5.41, 5.74) is -0.0144. The van der Waals surface area contributed by atoms with Gasteiger partial charge >= 0.3 is 0 Å². The molecule has 3 N–H and O–H groups in total. The maximum Gasteiger partial charge on any atom is 0.0992 e. The Labute approximate surface area is 97.1 Å². The van der Waals surface area contributed by atoms with Crippen molar-refractivity contribution in [3.8, 4) is 0 Å². The number of aliphatic hydroxyl groups excluding tert-OH is 1. The number of hydrogen-bond acceptors (Lipinski definition) is 3. The van der Waals surface area contributed by atoms with E-state index in [-0.39, 0.29) is 12.6 Å². The molecule has 0 saturated heterocycles. The van der Waals surface area contributed by atoms with Crippen LogP contribution in [0.5, 0.6) is 0 Å². The molecule has 0 heterocycles. The number of benzene rings is 1. The number of aliphatic hydroxyl groups is 2. The van der Waals surface area contributed by atoms with E-state index >= 15 is 0 Å². The first kappa shape index (κ1) is 13.2. The molecule has 0 aliphatic carbocycles. The van der Waals surface area contributed by atoms with Crippen LogP contribution in [-0.2, 0) is 5.60 Å². The van der Waals surface area contributed by atoms with Gasteiger partial charge in [0.2, 0.25) is 0 Å². The van der Waals surface area contributed by atoms with Gasteiger partial charge in [0.1, 0.15) is 0 Å². The fraction of sp³-hybridized carbons (Fsp3) is 0.538. The minimum Gasteiger partial charge on any atom is -0.395 e. The van der Waals surface area contributed by atoms with Gasteiger partial charge in [-0.1, -0.05) is 37.3 Å². The van der Waals surface area contributed by atoms with Crippen molar-refractivity contribution in [1.82, 2.24) is 5.32 Å². The van der Waals surface area contributed by atoms with Crippen LogP contribution in [0.15, 0.2) is 30.3 Å². The summed E-state index contributed by atoms with van der Waals surface area (Å²) >= 11 is 0. The summed E-state index contributed by atoms with van der Waals surface area (Å²) < 4.78 is 0. The van der Waals surface area contributed by atoms with Crippen molar-refractivity contribution in [1.29, 1.82) is 0 Å². The van der Waals surface area contributed by atoms with E-state index in [4.69, 9.17) is 5.11 Å². The Hall–Kier alpha value is -0.900. The van der Waals surface area contributed by atoms with Gasteiger partial charge in [-0.25, -0.2) is 0 Å². The number of rotatable bonds is 6. The Balaban J connectivity index is 2.58. The molecular formula is C13H21NO2. The van der Waals surface area contributed by atoms with Crippen LogP contribution in [0.25, 0.3) is 0 Å². The molecule has 0 spiro atoms. The molecule has 0 aliphatic heterocycles. The second-order valence-corrected chi connectivity index (χ2v) is 4.31. The van der Waals surface area contributed by atoms with Gasteiger partial charge in [-0.3, -0.25) is 0 Å². The zero-order chi connectivity index (χ0) is 12.0. The average molecular weight is 223 g/mol. The minimum absolute atomic E-state index is 0.0511. The third-order valence-electron chi connectivity index (χ3n) is 2.84. The molecule has 0 saturated carbocycles. The van der Waals surface area contributed by atoms with Crippen LogP contribution < -0.4 is 5.32 Å². The molecule has 16 heavy (non-hydrogen) atoms. The summed E-state index contributed by atoms with van der Waals surface area (Å²) in [7, 11) is 0. The quantitative estimate of drug-likeness (QED) is 0.680. The Bertz CT molecular complexity index is 294. The first-order valence-corrected chi connectivity index (χ1v) is 5.72. The Morgan fingerprint density at radius 1 is 1.31 bits per heavy atom. The van der Waals surface area contributed by atoms with Gasteiger partial charge in [0, 0.05) is 12.6 Å². The largest absolute Gasteiger partial charge is 0.395 e. The average Bonchev–Trinajstić information content (AvgIpc) is 2.31. The fourth-order valence-corrected chi connectivity index (χ4v) is 1.58. The van der Waals surface area contributed by atoms with E-state index in [1.54, 1.807) is 6.92 Å². The first-order chi connectivity index (χ1) is 7.60.